The Morgan fingerprint density at radius 3 is 2.64 bits per heavy atom. The molecule has 0 aromatic heterocycles. The van der Waals surface area contributed by atoms with E-state index in [9.17, 15) is 9.59 Å². The van der Waals surface area contributed by atoms with Gasteiger partial charge >= 0.3 is 0 Å². The number of halogens is 1. The number of hydrogen-bond acceptors (Lipinski definition) is 3. The molecular formula is C17H16INO3. The summed E-state index contributed by atoms with van der Waals surface area (Å²) in [7, 11) is 0. The van der Waals surface area contributed by atoms with Gasteiger partial charge in [0.1, 0.15) is 5.75 Å². The molecule has 0 unspecified atom stereocenters. The summed E-state index contributed by atoms with van der Waals surface area (Å²) in [6, 6.07) is 7.79. The molecule has 1 heterocycles. The average molecular weight is 409 g/mol. The van der Waals surface area contributed by atoms with Crippen molar-refractivity contribution in [2.45, 2.75) is 19.3 Å². The second-order valence-electron chi connectivity index (χ2n) is 5.25. The number of hydrogen-bond donors (Lipinski definition) is 0. The van der Waals surface area contributed by atoms with Gasteiger partial charge < -0.3 is 4.74 Å². The Bertz CT molecular complexity index is 661. The molecule has 1 aliphatic heterocycles. The summed E-state index contributed by atoms with van der Waals surface area (Å²) in [6.45, 7) is 0.890. The van der Waals surface area contributed by atoms with Gasteiger partial charge in [-0.05, 0) is 66.1 Å². The predicted molar refractivity (Wildman–Crippen MR) is 91.4 cm³/mol. The van der Waals surface area contributed by atoms with Crippen LogP contribution < -0.4 is 4.74 Å². The molecular weight excluding hydrogens is 393 g/mol. The van der Waals surface area contributed by atoms with E-state index in [0.29, 0.717) is 37.1 Å². The van der Waals surface area contributed by atoms with Crippen molar-refractivity contribution in [1.82, 2.24) is 4.90 Å². The number of carbonyl (C=O) groups is 2. The van der Waals surface area contributed by atoms with E-state index < -0.39 is 0 Å². The molecule has 1 aromatic carbocycles. The Hall–Kier alpha value is -1.63. The maximum atomic E-state index is 12.2. The van der Waals surface area contributed by atoms with E-state index in [2.05, 4.69) is 22.6 Å². The van der Waals surface area contributed by atoms with Gasteiger partial charge in [-0.25, -0.2) is 0 Å². The maximum absolute atomic E-state index is 12.2. The normalized spacial score (nSPS) is 17.2. The summed E-state index contributed by atoms with van der Waals surface area (Å²) in [5.74, 6) is 0.517. The van der Waals surface area contributed by atoms with Crippen LogP contribution in [0.3, 0.4) is 0 Å². The van der Waals surface area contributed by atoms with Crippen LogP contribution in [0.5, 0.6) is 5.75 Å². The minimum absolute atomic E-state index is 0.126. The number of rotatable bonds is 5. The van der Waals surface area contributed by atoms with Crippen molar-refractivity contribution in [2.24, 2.45) is 0 Å². The third kappa shape index (κ3) is 3.09. The highest BCUT2D eigenvalue weighted by Crippen LogP contribution is 2.29. The van der Waals surface area contributed by atoms with Crippen LogP contribution in [-0.4, -0.2) is 29.9 Å². The molecule has 0 radical (unpaired) electrons. The zero-order chi connectivity index (χ0) is 15.5. The van der Waals surface area contributed by atoms with Gasteiger partial charge in [0.25, 0.3) is 11.8 Å². The van der Waals surface area contributed by atoms with E-state index in [1.165, 1.54) is 4.90 Å². The standard InChI is InChI=1S/C17H16INO3/c18-12-6-8-13(9-7-12)22-11-3-10-19-16(20)14-4-1-2-5-15(14)17(19)21/h1,4,6-9H,2-3,5,10-11H2. The van der Waals surface area contributed by atoms with Crippen molar-refractivity contribution in [3.8, 4) is 5.75 Å². The van der Waals surface area contributed by atoms with E-state index in [1.54, 1.807) is 6.08 Å². The average Bonchev–Trinajstić information content (AvgIpc) is 2.78. The molecule has 0 N–H and O–H groups in total. The Morgan fingerprint density at radius 2 is 1.91 bits per heavy atom. The fourth-order valence-corrected chi connectivity index (χ4v) is 2.99. The first-order valence-corrected chi connectivity index (χ1v) is 8.39. The molecule has 114 valence electrons. The van der Waals surface area contributed by atoms with Crippen LogP contribution in [-0.2, 0) is 9.59 Å². The molecule has 0 spiro atoms. The third-order valence-electron chi connectivity index (χ3n) is 3.76. The highest BCUT2D eigenvalue weighted by atomic mass is 127. The van der Waals surface area contributed by atoms with Crippen LogP contribution in [0.4, 0.5) is 0 Å². The number of benzene rings is 1. The molecule has 2 amide bonds. The van der Waals surface area contributed by atoms with Gasteiger partial charge in [0.2, 0.25) is 0 Å². The summed E-state index contributed by atoms with van der Waals surface area (Å²) in [4.78, 5) is 25.8. The molecule has 2 aliphatic rings. The lowest BCUT2D eigenvalue weighted by molar-refractivity contribution is -0.137. The van der Waals surface area contributed by atoms with Gasteiger partial charge in [-0.3, -0.25) is 14.5 Å². The molecule has 22 heavy (non-hydrogen) atoms. The Balaban J connectivity index is 1.50. The lowest BCUT2D eigenvalue weighted by Crippen LogP contribution is -2.33. The van der Waals surface area contributed by atoms with Crippen molar-refractivity contribution in [3.63, 3.8) is 0 Å². The smallest absolute Gasteiger partial charge is 0.261 e. The minimum atomic E-state index is -0.162. The van der Waals surface area contributed by atoms with E-state index >= 15 is 0 Å². The second kappa shape index (κ2) is 6.64. The van der Waals surface area contributed by atoms with E-state index in [1.807, 2.05) is 30.3 Å². The fourth-order valence-electron chi connectivity index (χ4n) is 2.63. The second-order valence-corrected chi connectivity index (χ2v) is 6.50. The summed E-state index contributed by atoms with van der Waals surface area (Å²) in [5, 5.41) is 0. The van der Waals surface area contributed by atoms with E-state index in [-0.39, 0.29) is 11.8 Å². The minimum Gasteiger partial charge on any atom is -0.494 e. The number of nitrogens with zero attached hydrogens (tertiary/aromatic N) is 1. The van der Waals surface area contributed by atoms with Crippen molar-refractivity contribution < 1.29 is 14.3 Å². The first kappa shape index (κ1) is 15.3. The topological polar surface area (TPSA) is 46.6 Å². The van der Waals surface area contributed by atoms with Gasteiger partial charge in [0.15, 0.2) is 0 Å². The number of allylic oxidation sites excluding steroid dienone is 1. The van der Waals surface area contributed by atoms with E-state index in [0.717, 1.165) is 15.7 Å². The number of amides is 2. The predicted octanol–water partition coefficient (Wildman–Crippen LogP) is 3.08. The van der Waals surface area contributed by atoms with Gasteiger partial charge in [0, 0.05) is 21.3 Å². The number of ether oxygens (including phenoxy) is 1. The quantitative estimate of drug-likeness (QED) is 0.427. The van der Waals surface area contributed by atoms with Gasteiger partial charge in [-0.2, -0.15) is 0 Å². The summed E-state index contributed by atoms with van der Waals surface area (Å²) >= 11 is 2.24. The highest BCUT2D eigenvalue weighted by Gasteiger charge is 2.36. The van der Waals surface area contributed by atoms with Crippen LogP contribution in [0.2, 0.25) is 0 Å². The Kier molecular flexibility index (Phi) is 4.61. The lowest BCUT2D eigenvalue weighted by atomic mass is 10.00. The van der Waals surface area contributed by atoms with Crippen molar-refractivity contribution >= 4 is 34.4 Å². The Morgan fingerprint density at radius 1 is 1.14 bits per heavy atom. The molecule has 1 aliphatic carbocycles. The summed E-state index contributed by atoms with van der Waals surface area (Å²) in [5.41, 5.74) is 1.25. The van der Waals surface area contributed by atoms with Crippen molar-refractivity contribution in [1.29, 1.82) is 0 Å². The molecule has 0 saturated carbocycles. The molecule has 5 heteroatoms. The zero-order valence-corrected chi connectivity index (χ0v) is 14.2. The molecule has 4 nitrogen and oxygen atoms in total. The lowest BCUT2D eigenvalue weighted by Gasteiger charge is -2.15. The molecule has 3 rings (SSSR count). The molecule has 1 aromatic rings. The van der Waals surface area contributed by atoms with E-state index in [4.69, 9.17) is 4.74 Å². The molecule has 0 bridgehead atoms. The highest BCUT2D eigenvalue weighted by molar-refractivity contribution is 14.1. The zero-order valence-electron chi connectivity index (χ0n) is 12.0. The molecule has 0 saturated heterocycles. The third-order valence-corrected chi connectivity index (χ3v) is 4.48. The van der Waals surface area contributed by atoms with Crippen LogP contribution >= 0.6 is 22.6 Å². The molecule has 0 atom stereocenters. The van der Waals surface area contributed by atoms with Crippen LogP contribution in [0.1, 0.15) is 19.3 Å². The van der Waals surface area contributed by atoms with Gasteiger partial charge in [-0.15, -0.1) is 0 Å². The largest absolute Gasteiger partial charge is 0.494 e. The Labute approximate surface area is 143 Å². The van der Waals surface area contributed by atoms with Gasteiger partial charge in [-0.1, -0.05) is 12.2 Å². The van der Waals surface area contributed by atoms with Crippen LogP contribution in [0, 0.1) is 3.57 Å². The maximum Gasteiger partial charge on any atom is 0.261 e. The SMILES string of the molecule is O=C1C2=C(CCC=C2)C(=O)N1CCCOc1ccc(I)cc1. The van der Waals surface area contributed by atoms with Gasteiger partial charge in [0.05, 0.1) is 6.61 Å². The van der Waals surface area contributed by atoms with Crippen molar-refractivity contribution in [3.05, 3.63) is 51.1 Å². The van der Waals surface area contributed by atoms with Crippen LogP contribution in [0.15, 0.2) is 47.6 Å². The summed E-state index contributed by atoms with van der Waals surface area (Å²) in [6.07, 6.45) is 5.87. The van der Waals surface area contributed by atoms with Crippen LogP contribution in [0.25, 0.3) is 0 Å². The number of imide groups is 1. The fraction of sp³-hybridized carbons (Fsp3) is 0.294. The first-order valence-electron chi connectivity index (χ1n) is 7.31. The number of carbonyl (C=O) groups excluding carboxylic acids is 2. The van der Waals surface area contributed by atoms with Crippen molar-refractivity contribution in [2.75, 3.05) is 13.2 Å². The first-order chi connectivity index (χ1) is 10.7. The monoisotopic (exact) mass is 409 g/mol. The summed E-state index contributed by atoms with van der Waals surface area (Å²) < 4.78 is 6.79. The molecule has 0 fully saturated rings.